The summed E-state index contributed by atoms with van der Waals surface area (Å²) in [7, 11) is -1.54. The Kier molecular flexibility index (Phi) is 4.44. The van der Waals surface area contributed by atoms with Gasteiger partial charge in [0.2, 0.25) is 8.32 Å². The first kappa shape index (κ1) is 15.0. The van der Waals surface area contributed by atoms with Gasteiger partial charge in [0.15, 0.2) is 0 Å². The van der Waals surface area contributed by atoms with Gasteiger partial charge in [-0.15, -0.1) is 0 Å². The fraction of sp³-hybridized carbons (Fsp3) is 0.500. The molecule has 0 heterocycles. The third-order valence-electron chi connectivity index (χ3n) is 2.71. The molecule has 0 aliphatic heterocycles. The number of rotatable bonds is 3. The molecule has 1 aromatic carbocycles. The van der Waals surface area contributed by atoms with Crippen molar-refractivity contribution in [3.05, 3.63) is 41.5 Å². The molecule has 0 amide bonds. The minimum Gasteiger partial charge on any atom is -0.544 e. The van der Waals surface area contributed by atoms with Crippen molar-refractivity contribution in [2.45, 2.75) is 52.8 Å². The maximum atomic E-state index is 6.10. The van der Waals surface area contributed by atoms with Crippen molar-refractivity contribution >= 4 is 14.1 Å². The van der Waals surface area contributed by atoms with E-state index in [9.17, 15) is 0 Å². The lowest BCUT2D eigenvalue weighted by Gasteiger charge is -2.23. The fourth-order valence-corrected chi connectivity index (χ4v) is 2.64. The minimum atomic E-state index is -1.54. The van der Waals surface area contributed by atoms with E-state index in [-0.39, 0.29) is 5.41 Å². The summed E-state index contributed by atoms with van der Waals surface area (Å²) in [6.07, 6.45) is 2.06. The van der Waals surface area contributed by atoms with E-state index >= 15 is 0 Å². The zero-order chi connectivity index (χ0) is 14.0. The average molecular weight is 262 g/mol. The summed E-state index contributed by atoms with van der Waals surface area (Å²) in [5, 5.41) is 0. The smallest absolute Gasteiger partial charge is 0.242 e. The Hall–Kier alpha value is -1.02. The molecule has 0 fully saturated rings. The topological polar surface area (TPSA) is 9.23 Å². The molecule has 0 saturated heterocycles. The highest BCUT2D eigenvalue weighted by Gasteiger charge is 2.19. The molecular weight excluding hydrogens is 236 g/mol. The summed E-state index contributed by atoms with van der Waals surface area (Å²) in [4.78, 5) is 0. The quantitative estimate of drug-likeness (QED) is 0.537. The molecule has 18 heavy (non-hydrogen) atoms. The minimum absolute atomic E-state index is 0.203. The number of hydrogen-bond acceptors (Lipinski definition) is 1. The van der Waals surface area contributed by atoms with E-state index in [4.69, 9.17) is 4.43 Å². The molecule has 1 nitrogen and oxygen atoms in total. The molecule has 0 aliphatic carbocycles. The first-order valence-electron chi connectivity index (χ1n) is 6.60. The van der Waals surface area contributed by atoms with Crippen molar-refractivity contribution in [3.63, 3.8) is 0 Å². The summed E-state index contributed by atoms with van der Waals surface area (Å²) in [6, 6.07) is 8.73. The van der Waals surface area contributed by atoms with Gasteiger partial charge in [-0.25, -0.2) is 0 Å². The van der Waals surface area contributed by atoms with Crippen molar-refractivity contribution < 1.29 is 4.43 Å². The highest BCUT2D eigenvalue weighted by atomic mass is 28.4. The maximum absolute atomic E-state index is 6.10. The zero-order valence-corrected chi connectivity index (χ0v) is 13.8. The number of hydrogen-bond donors (Lipinski definition) is 0. The van der Waals surface area contributed by atoms with E-state index < -0.39 is 8.32 Å². The van der Waals surface area contributed by atoms with Gasteiger partial charge >= 0.3 is 0 Å². The number of benzene rings is 1. The fourth-order valence-electron chi connectivity index (χ4n) is 1.75. The Morgan fingerprint density at radius 2 is 1.56 bits per heavy atom. The van der Waals surface area contributed by atoms with E-state index in [0.29, 0.717) is 0 Å². The largest absolute Gasteiger partial charge is 0.544 e. The Bertz CT molecular complexity index is 416. The van der Waals surface area contributed by atoms with Gasteiger partial charge in [0.1, 0.15) is 5.76 Å². The Morgan fingerprint density at radius 1 is 1.06 bits per heavy atom. The van der Waals surface area contributed by atoms with Crippen LogP contribution < -0.4 is 0 Å². The highest BCUT2D eigenvalue weighted by Crippen LogP contribution is 2.26. The summed E-state index contributed by atoms with van der Waals surface area (Å²) in [5.74, 6) is 1.01. The van der Waals surface area contributed by atoms with Gasteiger partial charge in [0.05, 0.1) is 0 Å². The second-order valence-electron chi connectivity index (χ2n) is 6.69. The molecule has 1 aromatic rings. The predicted molar refractivity (Wildman–Crippen MR) is 83.2 cm³/mol. The van der Waals surface area contributed by atoms with Crippen molar-refractivity contribution in [3.8, 4) is 0 Å². The van der Waals surface area contributed by atoms with Crippen LogP contribution in [0.5, 0.6) is 0 Å². The standard InChI is InChI=1S/C16H26OSi/c1-8-15(17-18(5,6)7)13-9-11-14(12-10-13)16(2,3)4/h8-12H,1-7H3/b15-8-. The van der Waals surface area contributed by atoms with Crippen molar-refractivity contribution in [1.29, 1.82) is 0 Å². The Balaban J connectivity index is 2.97. The third kappa shape index (κ3) is 4.34. The average Bonchev–Trinajstić information content (AvgIpc) is 2.24. The van der Waals surface area contributed by atoms with Crippen molar-refractivity contribution in [2.75, 3.05) is 0 Å². The molecular formula is C16H26OSi. The molecule has 0 bridgehead atoms. The number of allylic oxidation sites excluding steroid dienone is 1. The molecule has 1 rings (SSSR count). The lowest BCUT2D eigenvalue weighted by atomic mass is 9.86. The van der Waals surface area contributed by atoms with E-state index in [0.717, 1.165) is 5.76 Å². The highest BCUT2D eigenvalue weighted by molar-refractivity contribution is 6.70. The van der Waals surface area contributed by atoms with Crippen LogP contribution in [0.3, 0.4) is 0 Å². The first-order valence-corrected chi connectivity index (χ1v) is 10.0. The molecule has 0 atom stereocenters. The van der Waals surface area contributed by atoms with E-state index in [2.05, 4.69) is 70.8 Å². The zero-order valence-electron chi connectivity index (χ0n) is 12.8. The third-order valence-corrected chi connectivity index (χ3v) is 3.55. The van der Waals surface area contributed by atoms with Gasteiger partial charge in [-0.3, -0.25) is 0 Å². The van der Waals surface area contributed by atoms with Crippen molar-refractivity contribution in [1.82, 2.24) is 0 Å². The van der Waals surface area contributed by atoms with Crippen LogP contribution in [0.2, 0.25) is 19.6 Å². The molecule has 0 N–H and O–H groups in total. The molecule has 0 unspecified atom stereocenters. The van der Waals surface area contributed by atoms with Crippen LogP contribution >= 0.6 is 0 Å². The van der Waals surface area contributed by atoms with Gasteiger partial charge in [0, 0.05) is 5.56 Å². The molecule has 0 aromatic heterocycles. The molecule has 0 radical (unpaired) electrons. The van der Waals surface area contributed by atoms with Crippen LogP contribution in [-0.4, -0.2) is 8.32 Å². The van der Waals surface area contributed by atoms with Crippen LogP contribution in [0.1, 0.15) is 38.8 Å². The SMILES string of the molecule is C/C=C(\O[Si](C)(C)C)c1ccc(C(C)(C)C)cc1. The van der Waals surface area contributed by atoms with Gasteiger partial charge in [-0.2, -0.15) is 0 Å². The van der Waals surface area contributed by atoms with Gasteiger partial charge in [-0.05, 0) is 43.6 Å². The Morgan fingerprint density at radius 3 is 1.89 bits per heavy atom. The molecule has 0 saturated carbocycles. The Labute approximate surface area is 113 Å². The van der Waals surface area contributed by atoms with Gasteiger partial charge in [-0.1, -0.05) is 45.0 Å². The normalized spacial score (nSPS) is 13.6. The van der Waals surface area contributed by atoms with Crippen LogP contribution in [0.25, 0.3) is 5.76 Å². The molecule has 0 spiro atoms. The molecule has 0 aliphatic rings. The van der Waals surface area contributed by atoms with Crippen molar-refractivity contribution in [2.24, 2.45) is 0 Å². The van der Waals surface area contributed by atoms with Crippen LogP contribution in [0, 0.1) is 0 Å². The summed E-state index contributed by atoms with van der Waals surface area (Å²) >= 11 is 0. The summed E-state index contributed by atoms with van der Waals surface area (Å²) < 4.78 is 6.10. The van der Waals surface area contributed by atoms with Gasteiger partial charge < -0.3 is 4.43 Å². The summed E-state index contributed by atoms with van der Waals surface area (Å²) in [5.41, 5.74) is 2.73. The second-order valence-corrected chi connectivity index (χ2v) is 11.1. The monoisotopic (exact) mass is 262 g/mol. The van der Waals surface area contributed by atoms with Crippen LogP contribution in [0.15, 0.2) is 30.3 Å². The lowest BCUT2D eigenvalue weighted by Crippen LogP contribution is -2.24. The second kappa shape index (κ2) is 5.31. The van der Waals surface area contributed by atoms with Gasteiger partial charge in [0.25, 0.3) is 0 Å². The van der Waals surface area contributed by atoms with E-state index in [1.54, 1.807) is 0 Å². The summed E-state index contributed by atoms with van der Waals surface area (Å²) in [6.45, 7) is 15.4. The first-order chi connectivity index (χ1) is 8.13. The lowest BCUT2D eigenvalue weighted by molar-refractivity contribution is 0.513. The maximum Gasteiger partial charge on any atom is 0.242 e. The van der Waals surface area contributed by atoms with E-state index in [1.807, 2.05) is 6.92 Å². The molecule has 100 valence electrons. The van der Waals surface area contributed by atoms with Crippen LogP contribution in [-0.2, 0) is 9.84 Å². The van der Waals surface area contributed by atoms with Crippen LogP contribution in [0.4, 0.5) is 0 Å². The van der Waals surface area contributed by atoms with E-state index in [1.165, 1.54) is 11.1 Å². The predicted octanol–water partition coefficient (Wildman–Crippen LogP) is 5.20. The molecule has 2 heteroatoms.